The van der Waals surface area contributed by atoms with Crippen LogP contribution in [0.1, 0.15) is 23.6 Å². The Labute approximate surface area is 155 Å². The second kappa shape index (κ2) is 9.04. The van der Waals surface area contributed by atoms with Crippen LogP contribution >= 0.6 is 0 Å². The lowest BCUT2D eigenvalue weighted by Crippen LogP contribution is -2.38. The number of methoxy groups -OCH3 is 1. The van der Waals surface area contributed by atoms with Crippen LogP contribution in [-0.4, -0.2) is 36.9 Å². The van der Waals surface area contributed by atoms with E-state index in [9.17, 15) is 9.59 Å². The molecule has 5 heteroatoms. The standard InChI is InChI=1S/C21H26N2O3/c1-5-23(21(25)13-17-11-10-15(2)16(3)12-17)14-20(24)22-18-8-6-7-9-19(18)26-4/h6-12H,5,13-14H2,1-4H3,(H,22,24). The van der Waals surface area contributed by atoms with Crippen molar-refractivity contribution in [3.8, 4) is 5.75 Å². The largest absolute Gasteiger partial charge is 0.495 e. The molecule has 0 radical (unpaired) electrons. The first-order chi connectivity index (χ1) is 12.4. The number of ether oxygens (including phenoxy) is 1. The predicted molar refractivity (Wildman–Crippen MR) is 103 cm³/mol. The zero-order chi connectivity index (χ0) is 19.1. The van der Waals surface area contributed by atoms with Crippen molar-refractivity contribution in [3.05, 3.63) is 59.2 Å². The van der Waals surface area contributed by atoms with Crippen LogP contribution in [-0.2, 0) is 16.0 Å². The predicted octanol–water partition coefficient (Wildman–Crippen LogP) is 3.34. The molecule has 0 heterocycles. The number of hydrogen-bond donors (Lipinski definition) is 1. The molecule has 1 N–H and O–H groups in total. The average Bonchev–Trinajstić information content (AvgIpc) is 2.63. The maximum Gasteiger partial charge on any atom is 0.244 e. The van der Waals surface area contributed by atoms with Gasteiger partial charge in [-0.25, -0.2) is 0 Å². The molecule has 2 rings (SSSR count). The number of amides is 2. The highest BCUT2D eigenvalue weighted by Crippen LogP contribution is 2.22. The Kier molecular flexibility index (Phi) is 6.78. The first-order valence-corrected chi connectivity index (χ1v) is 8.71. The summed E-state index contributed by atoms with van der Waals surface area (Å²) in [6.45, 7) is 6.43. The number of benzene rings is 2. The van der Waals surface area contributed by atoms with Gasteiger partial charge in [-0.15, -0.1) is 0 Å². The number of rotatable bonds is 7. The average molecular weight is 354 g/mol. The van der Waals surface area contributed by atoms with Gasteiger partial charge in [0.05, 0.1) is 25.8 Å². The van der Waals surface area contributed by atoms with Crippen LogP contribution in [0.4, 0.5) is 5.69 Å². The van der Waals surface area contributed by atoms with Crippen molar-refractivity contribution in [2.75, 3.05) is 25.5 Å². The molecule has 0 aromatic heterocycles. The van der Waals surface area contributed by atoms with Crippen LogP contribution in [0.3, 0.4) is 0 Å². The first-order valence-electron chi connectivity index (χ1n) is 8.71. The molecule has 2 aromatic rings. The summed E-state index contributed by atoms with van der Waals surface area (Å²) in [6, 6.07) is 13.2. The van der Waals surface area contributed by atoms with Gasteiger partial charge in [0.1, 0.15) is 5.75 Å². The minimum Gasteiger partial charge on any atom is -0.495 e. The van der Waals surface area contributed by atoms with Gasteiger partial charge in [0.25, 0.3) is 0 Å². The third kappa shape index (κ3) is 5.09. The normalized spacial score (nSPS) is 10.3. The van der Waals surface area contributed by atoms with Crippen molar-refractivity contribution in [2.24, 2.45) is 0 Å². The Morgan fingerprint density at radius 3 is 2.46 bits per heavy atom. The molecule has 2 amide bonds. The summed E-state index contributed by atoms with van der Waals surface area (Å²) < 4.78 is 5.23. The molecule has 0 saturated carbocycles. The zero-order valence-corrected chi connectivity index (χ0v) is 15.8. The summed E-state index contributed by atoms with van der Waals surface area (Å²) in [5.74, 6) is 0.279. The number of nitrogens with zero attached hydrogens (tertiary/aromatic N) is 1. The summed E-state index contributed by atoms with van der Waals surface area (Å²) in [4.78, 5) is 26.5. The van der Waals surface area contributed by atoms with Crippen LogP contribution in [0.25, 0.3) is 0 Å². The second-order valence-electron chi connectivity index (χ2n) is 6.25. The van der Waals surface area contributed by atoms with E-state index in [1.54, 1.807) is 24.1 Å². The lowest BCUT2D eigenvalue weighted by Gasteiger charge is -2.21. The van der Waals surface area contributed by atoms with Gasteiger partial charge in [-0.1, -0.05) is 30.3 Å². The van der Waals surface area contributed by atoms with E-state index >= 15 is 0 Å². The number of aryl methyl sites for hydroxylation is 2. The molecule has 138 valence electrons. The number of anilines is 1. The third-order valence-corrected chi connectivity index (χ3v) is 4.38. The highest BCUT2D eigenvalue weighted by atomic mass is 16.5. The molecule has 0 spiro atoms. The van der Waals surface area contributed by atoms with E-state index in [-0.39, 0.29) is 24.8 Å². The van der Waals surface area contributed by atoms with E-state index in [4.69, 9.17) is 4.74 Å². The summed E-state index contributed by atoms with van der Waals surface area (Å²) in [7, 11) is 1.55. The number of nitrogens with one attached hydrogen (secondary N) is 1. The fourth-order valence-corrected chi connectivity index (χ4v) is 2.69. The second-order valence-corrected chi connectivity index (χ2v) is 6.25. The fourth-order valence-electron chi connectivity index (χ4n) is 2.69. The Hall–Kier alpha value is -2.82. The number of carbonyl (C=O) groups is 2. The quantitative estimate of drug-likeness (QED) is 0.830. The molecule has 0 aliphatic heterocycles. The first kappa shape index (κ1) is 19.5. The summed E-state index contributed by atoms with van der Waals surface area (Å²) in [6.07, 6.45) is 0.289. The molecular formula is C21H26N2O3. The summed E-state index contributed by atoms with van der Waals surface area (Å²) >= 11 is 0. The van der Waals surface area contributed by atoms with Crippen molar-refractivity contribution in [3.63, 3.8) is 0 Å². The molecule has 0 saturated heterocycles. The smallest absolute Gasteiger partial charge is 0.244 e. The van der Waals surface area contributed by atoms with Crippen LogP contribution in [0.2, 0.25) is 0 Å². The van der Waals surface area contributed by atoms with Crippen LogP contribution < -0.4 is 10.1 Å². The van der Waals surface area contributed by atoms with Gasteiger partial charge in [-0.3, -0.25) is 9.59 Å². The lowest BCUT2D eigenvalue weighted by molar-refractivity contribution is -0.133. The molecule has 0 fully saturated rings. The van der Waals surface area contributed by atoms with Gasteiger partial charge < -0.3 is 15.0 Å². The SMILES string of the molecule is CCN(CC(=O)Nc1ccccc1OC)C(=O)Cc1ccc(C)c(C)c1. The number of carbonyl (C=O) groups excluding carboxylic acids is 2. The molecule has 0 aliphatic rings. The van der Waals surface area contributed by atoms with Crippen LogP contribution in [0.5, 0.6) is 5.75 Å². The monoisotopic (exact) mass is 354 g/mol. The summed E-state index contributed by atoms with van der Waals surface area (Å²) in [5.41, 5.74) is 3.91. The van der Waals surface area contributed by atoms with Gasteiger partial charge in [0, 0.05) is 6.54 Å². The Balaban J connectivity index is 1.99. The van der Waals surface area contributed by atoms with Gasteiger partial charge in [-0.2, -0.15) is 0 Å². The van der Waals surface area contributed by atoms with Crippen molar-refractivity contribution < 1.29 is 14.3 Å². The maximum atomic E-state index is 12.6. The van der Waals surface area contributed by atoms with Crippen LogP contribution in [0, 0.1) is 13.8 Å². The molecule has 0 bridgehead atoms. The topological polar surface area (TPSA) is 58.6 Å². The van der Waals surface area contributed by atoms with Gasteiger partial charge in [0.2, 0.25) is 11.8 Å². The van der Waals surface area contributed by atoms with Gasteiger partial charge in [0.15, 0.2) is 0 Å². The van der Waals surface area contributed by atoms with Crippen molar-refractivity contribution >= 4 is 17.5 Å². The molecule has 26 heavy (non-hydrogen) atoms. The van der Waals surface area contributed by atoms with Crippen LogP contribution in [0.15, 0.2) is 42.5 Å². The minimum atomic E-state index is -0.246. The zero-order valence-electron chi connectivity index (χ0n) is 15.8. The Morgan fingerprint density at radius 2 is 1.81 bits per heavy atom. The molecule has 5 nitrogen and oxygen atoms in total. The number of likely N-dealkylation sites (N-methyl/N-ethyl adjacent to an activating group) is 1. The molecule has 0 aliphatic carbocycles. The lowest BCUT2D eigenvalue weighted by atomic mass is 10.0. The highest BCUT2D eigenvalue weighted by Gasteiger charge is 2.17. The number of para-hydroxylation sites is 2. The third-order valence-electron chi connectivity index (χ3n) is 4.38. The molecular weight excluding hydrogens is 328 g/mol. The van der Waals surface area contributed by atoms with E-state index < -0.39 is 0 Å². The van der Waals surface area contributed by atoms with E-state index in [0.29, 0.717) is 18.0 Å². The Morgan fingerprint density at radius 1 is 1.08 bits per heavy atom. The van der Waals surface area contributed by atoms with Crippen molar-refractivity contribution in [1.29, 1.82) is 0 Å². The number of hydrogen-bond acceptors (Lipinski definition) is 3. The fraction of sp³-hybridized carbons (Fsp3) is 0.333. The Bertz CT molecular complexity index is 787. The maximum absolute atomic E-state index is 12.6. The van der Waals surface area contributed by atoms with E-state index in [1.807, 2.05) is 51.1 Å². The van der Waals surface area contributed by atoms with E-state index in [0.717, 1.165) is 11.1 Å². The van der Waals surface area contributed by atoms with E-state index in [2.05, 4.69) is 5.32 Å². The van der Waals surface area contributed by atoms with Crippen molar-refractivity contribution in [2.45, 2.75) is 27.2 Å². The minimum absolute atomic E-state index is 0.0121. The molecule has 0 unspecified atom stereocenters. The molecule has 0 atom stereocenters. The van der Waals surface area contributed by atoms with Gasteiger partial charge in [-0.05, 0) is 49.6 Å². The summed E-state index contributed by atoms with van der Waals surface area (Å²) in [5, 5.41) is 2.80. The highest BCUT2D eigenvalue weighted by molar-refractivity contribution is 5.95. The van der Waals surface area contributed by atoms with Crippen molar-refractivity contribution in [1.82, 2.24) is 4.90 Å². The van der Waals surface area contributed by atoms with E-state index in [1.165, 1.54) is 5.56 Å². The molecule has 2 aromatic carbocycles. The van der Waals surface area contributed by atoms with Gasteiger partial charge >= 0.3 is 0 Å².